The number of pyridine rings is 1. The van der Waals surface area contributed by atoms with Gasteiger partial charge in [0.15, 0.2) is 5.69 Å². The van der Waals surface area contributed by atoms with Crippen molar-refractivity contribution in [3.8, 4) is 23.0 Å². The summed E-state index contributed by atoms with van der Waals surface area (Å²) < 4.78 is 7.13. The number of nitrogens with one attached hydrogen (secondary N) is 1. The molecule has 3 aromatic rings. The second-order valence-electron chi connectivity index (χ2n) is 5.49. The summed E-state index contributed by atoms with van der Waals surface area (Å²) in [7, 11) is 1.86. The zero-order valence-corrected chi connectivity index (χ0v) is 14.8. The van der Waals surface area contributed by atoms with Gasteiger partial charge in [0.2, 0.25) is 11.8 Å². The van der Waals surface area contributed by atoms with Gasteiger partial charge in [-0.2, -0.15) is 5.10 Å². The standard InChI is InChI=1S/C18H18N6O3/c1-3-27-15-7-6-12(9-19-15)14-11-20-17(25)16(22-14)18(26)23-21-10-13-5-4-8-24(13)2/h4-11H,3H2,1-2H3,(H,20,25)(H,23,26)/b21-10+. The number of aromatic hydroxyl groups is 1. The van der Waals surface area contributed by atoms with Crippen molar-refractivity contribution >= 4 is 12.1 Å². The molecule has 2 N–H and O–H groups in total. The summed E-state index contributed by atoms with van der Waals surface area (Å²) in [5.74, 6) is -0.670. The molecule has 0 atom stereocenters. The molecule has 9 nitrogen and oxygen atoms in total. The predicted molar refractivity (Wildman–Crippen MR) is 98.6 cm³/mol. The van der Waals surface area contributed by atoms with Gasteiger partial charge < -0.3 is 14.4 Å². The first-order chi connectivity index (χ1) is 13.1. The number of carbonyl (C=O) groups excluding carboxylic acids is 1. The van der Waals surface area contributed by atoms with Gasteiger partial charge in [0, 0.05) is 31.1 Å². The Bertz CT molecular complexity index is 965. The first-order valence-corrected chi connectivity index (χ1v) is 8.18. The van der Waals surface area contributed by atoms with Crippen molar-refractivity contribution in [2.45, 2.75) is 6.92 Å². The summed E-state index contributed by atoms with van der Waals surface area (Å²) >= 11 is 0. The molecule has 3 rings (SSSR count). The van der Waals surface area contributed by atoms with Crippen LogP contribution in [0.5, 0.6) is 11.8 Å². The molecular weight excluding hydrogens is 348 g/mol. The van der Waals surface area contributed by atoms with E-state index in [1.807, 2.05) is 36.9 Å². The highest BCUT2D eigenvalue weighted by atomic mass is 16.5. The fraction of sp³-hybridized carbons (Fsp3) is 0.167. The fourth-order valence-electron chi connectivity index (χ4n) is 2.26. The van der Waals surface area contributed by atoms with E-state index in [4.69, 9.17) is 4.74 Å². The minimum absolute atomic E-state index is 0.231. The van der Waals surface area contributed by atoms with E-state index in [1.54, 1.807) is 18.3 Å². The van der Waals surface area contributed by atoms with E-state index in [9.17, 15) is 9.90 Å². The molecule has 0 unspecified atom stereocenters. The van der Waals surface area contributed by atoms with Crippen LogP contribution < -0.4 is 10.2 Å². The topological polar surface area (TPSA) is 115 Å². The third kappa shape index (κ3) is 4.27. The zero-order valence-electron chi connectivity index (χ0n) is 14.8. The second kappa shape index (κ2) is 8.09. The Hall–Kier alpha value is -3.75. The van der Waals surface area contributed by atoms with Gasteiger partial charge in [0.25, 0.3) is 5.91 Å². The van der Waals surface area contributed by atoms with Crippen molar-refractivity contribution in [1.82, 2.24) is 24.9 Å². The number of carbonyl (C=O) groups is 1. The molecule has 0 bridgehead atoms. The highest BCUT2D eigenvalue weighted by Gasteiger charge is 2.16. The van der Waals surface area contributed by atoms with E-state index in [-0.39, 0.29) is 5.69 Å². The highest BCUT2D eigenvalue weighted by Crippen LogP contribution is 2.21. The van der Waals surface area contributed by atoms with Crippen LogP contribution in [0.3, 0.4) is 0 Å². The van der Waals surface area contributed by atoms with Crippen LogP contribution in [-0.4, -0.2) is 43.4 Å². The molecule has 0 aromatic carbocycles. The second-order valence-corrected chi connectivity index (χ2v) is 5.49. The van der Waals surface area contributed by atoms with Crippen molar-refractivity contribution in [2.24, 2.45) is 12.1 Å². The van der Waals surface area contributed by atoms with Crippen LogP contribution in [-0.2, 0) is 7.05 Å². The van der Waals surface area contributed by atoms with Gasteiger partial charge in [-0.25, -0.2) is 20.4 Å². The zero-order chi connectivity index (χ0) is 19.2. The Labute approximate surface area is 155 Å². The lowest BCUT2D eigenvalue weighted by molar-refractivity contribution is 0.0946. The van der Waals surface area contributed by atoms with Crippen LogP contribution in [0.2, 0.25) is 0 Å². The lowest BCUT2D eigenvalue weighted by Gasteiger charge is -2.06. The summed E-state index contributed by atoms with van der Waals surface area (Å²) in [4.78, 5) is 24.4. The minimum Gasteiger partial charge on any atom is -0.492 e. The SMILES string of the molecule is CCOc1ccc(-c2cnc(O)c(C(=O)N/N=C/c3cccn3C)n2)cn1. The molecule has 9 heteroatoms. The molecule has 0 aliphatic carbocycles. The fourth-order valence-corrected chi connectivity index (χ4v) is 2.26. The third-order valence-corrected chi connectivity index (χ3v) is 3.64. The van der Waals surface area contributed by atoms with Gasteiger partial charge in [-0.05, 0) is 25.1 Å². The van der Waals surface area contributed by atoms with E-state index < -0.39 is 11.8 Å². The molecule has 27 heavy (non-hydrogen) atoms. The maximum absolute atomic E-state index is 12.3. The maximum Gasteiger partial charge on any atom is 0.295 e. The Balaban J connectivity index is 1.77. The molecule has 138 valence electrons. The molecular formula is C18H18N6O3. The van der Waals surface area contributed by atoms with Crippen LogP contribution in [0, 0.1) is 0 Å². The van der Waals surface area contributed by atoms with Crippen LogP contribution in [0.4, 0.5) is 0 Å². The average Bonchev–Trinajstić information content (AvgIpc) is 3.08. The number of hydrogen-bond donors (Lipinski definition) is 2. The van der Waals surface area contributed by atoms with E-state index in [0.717, 1.165) is 5.69 Å². The van der Waals surface area contributed by atoms with Crippen molar-refractivity contribution in [2.75, 3.05) is 6.61 Å². The van der Waals surface area contributed by atoms with E-state index in [1.165, 1.54) is 12.4 Å². The highest BCUT2D eigenvalue weighted by molar-refractivity contribution is 5.95. The van der Waals surface area contributed by atoms with Gasteiger partial charge in [-0.1, -0.05) is 0 Å². The molecule has 3 aromatic heterocycles. The van der Waals surface area contributed by atoms with E-state index in [0.29, 0.717) is 23.7 Å². The molecule has 0 saturated heterocycles. The number of amides is 1. The normalized spacial score (nSPS) is 10.9. The van der Waals surface area contributed by atoms with E-state index in [2.05, 4.69) is 25.5 Å². The molecule has 0 radical (unpaired) electrons. The Morgan fingerprint density at radius 2 is 2.19 bits per heavy atom. The average molecular weight is 366 g/mol. The van der Waals surface area contributed by atoms with Gasteiger partial charge in [0.1, 0.15) is 0 Å². The number of aryl methyl sites for hydroxylation is 1. The van der Waals surface area contributed by atoms with Gasteiger partial charge in [-0.15, -0.1) is 0 Å². The molecule has 1 amide bonds. The van der Waals surface area contributed by atoms with Crippen molar-refractivity contribution < 1.29 is 14.6 Å². The molecule has 0 aliphatic heterocycles. The number of aromatic nitrogens is 4. The first-order valence-electron chi connectivity index (χ1n) is 8.18. The van der Waals surface area contributed by atoms with Crippen LogP contribution in [0.15, 0.2) is 48.0 Å². The number of hydrogen-bond acceptors (Lipinski definition) is 7. The lowest BCUT2D eigenvalue weighted by Crippen LogP contribution is -2.20. The quantitative estimate of drug-likeness (QED) is 0.507. The van der Waals surface area contributed by atoms with Gasteiger partial charge >= 0.3 is 0 Å². The van der Waals surface area contributed by atoms with Gasteiger partial charge in [-0.3, -0.25) is 4.79 Å². The number of nitrogens with zero attached hydrogens (tertiary/aromatic N) is 5. The number of ether oxygens (including phenoxy) is 1. The van der Waals surface area contributed by atoms with Crippen molar-refractivity contribution in [3.63, 3.8) is 0 Å². The Morgan fingerprint density at radius 3 is 2.85 bits per heavy atom. The maximum atomic E-state index is 12.3. The summed E-state index contributed by atoms with van der Waals surface area (Å²) in [5.41, 5.74) is 3.92. The largest absolute Gasteiger partial charge is 0.492 e. The first kappa shape index (κ1) is 18.1. The monoisotopic (exact) mass is 366 g/mol. The molecule has 0 fully saturated rings. The predicted octanol–water partition coefficient (Wildman–Crippen LogP) is 1.75. The summed E-state index contributed by atoms with van der Waals surface area (Å²) in [6, 6.07) is 7.13. The molecule has 3 heterocycles. The van der Waals surface area contributed by atoms with Crippen molar-refractivity contribution in [1.29, 1.82) is 0 Å². The minimum atomic E-state index is -0.675. The van der Waals surface area contributed by atoms with Crippen LogP contribution in [0.25, 0.3) is 11.3 Å². The van der Waals surface area contributed by atoms with Crippen molar-refractivity contribution in [3.05, 3.63) is 54.2 Å². The Kier molecular flexibility index (Phi) is 5.41. The van der Waals surface area contributed by atoms with Crippen LogP contribution >= 0.6 is 0 Å². The third-order valence-electron chi connectivity index (χ3n) is 3.64. The molecule has 0 aliphatic rings. The van der Waals surface area contributed by atoms with E-state index >= 15 is 0 Å². The summed E-state index contributed by atoms with van der Waals surface area (Å²) in [6.07, 6.45) is 6.26. The molecule has 0 spiro atoms. The summed E-state index contributed by atoms with van der Waals surface area (Å²) in [5, 5.41) is 13.7. The smallest absolute Gasteiger partial charge is 0.295 e. The van der Waals surface area contributed by atoms with Crippen LogP contribution in [0.1, 0.15) is 23.1 Å². The number of hydrazone groups is 1. The Morgan fingerprint density at radius 1 is 1.33 bits per heavy atom. The molecule has 0 saturated carbocycles. The summed E-state index contributed by atoms with van der Waals surface area (Å²) in [6.45, 7) is 2.38. The van der Waals surface area contributed by atoms with Gasteiger partial charge in [0.05, 0.1) is 30.4 Å². The lowest BCUT2D eigenvalue weighted by atomic mass is 10.2. The number of rotatable bonds is 6.